The number of ether oxygens (including phenoxy) is 1. The number of hydrogen-bond donors (Lipinski definition) is 0. The second-order valence-electron chi connectivity index (χ2n) is 4.59. The van der Waals surface area contributed by atoms with E-state index in [1.807, 2.05) is 12.1 Å². The van der Waals surface area contributed by atoms with Crippen molar-refractivity contribution in [1.82, 2.24) is 4.98 Å². The molecule has 0 bridgehead atoms. The van der Waals surface area contributed by atoms with Crippen LogP contribution in [0.2, 0.25) is 0 Å². The van der Waals surface area contributed by atoms with E-state index in [4.69, 9.17) is 4.42 Å². The summed E-state index contributed by atoms with van der Waals surface area (Å²) >= 11 is 3.39. The van der Waals surface area contributed by atoms with Crippen molar-refractivity contribution >= 4 is 38.7 Å². The Morgan fingerprint density at radius 3 is 2.74 bits per heavy atom. The first-order valence-electron chi connectivity index (χ1n) is 6.43. The van der Waals surface area contributed by atoms with Crippen LogP contribution >= 0.6 is 15.9 Å². The molecule has 0 saturated heterocycles. The largest absolute Gasteiger partial charge is 0.465 e. The van der Waals surface area contributed by atoms with Gasteiger partial charge in [-0.1, -0.05) is 12.1 Å². The molecule has 0 N–H and O–H groups in total. The SMILES string of the molecule is COC(=O)c1cc([N+](=O)[O-])cc2nc(-c3ccccc3Br)oc12. The number of nitro groups is 1. The number of nitrogens with zero attached hydrogens (tertiary/aromatic N) is 2. The van der Waals surface area contributed by atoms with E-state index in [9.17, 15) is 14.9 Å². The molecule has 0 amide bonds. The highest BCUT2D eigenvalue weighted by Crippen LogP contribution is 2.33. The van der Waals surface area contributed by atoms with Gasteiger partial charge >= 0.3 is 5.97 Å². The lowest BCUT2D eigenvalue weighted by molar-refractivity contribution is -0.384. The molecule has 8 heteroatoms. The number of nitro benzene ring substituents is 1. The number of rotatable bonds is 3. The van der Waals surface area contributed by atoms with Crippen molar-refractivity contribution in [1.29, 1.82) is 0 Å². The van der Waals surface area contributed by atoms with Gasteiger partial charge in [-0.05, 0) is 28.1 Å². The van der Waals surface area contributed by atoms with Gasteiger partial charge in [0.1, 0.15) is 11.1 Å². The van der Waals surface area contributed by atoms with Crippen LogP contribution < -0.4 is 0 Å². The number of non-ortho nitro benzene ring substituents is 1. The van der Waals surface area contributed by atoms with Crippen LogP contribution in [-0.2, 0) is 4.74 Å². The zero-order chi connectivity index (χ0) is 16.6. The first-order valence-corrected chi connectivity index (χ1v) is 7.22. The van der Waals surface area contributed by atoms with Gasteiger partial charge in [-0.15, -0.1) is 0 Å². The summed E-state index contributed by atoms with van der Waals surface area (Å²) in [6.07, 6.45) is 0. The zero-order valence-corrected chi connectivity index (χ0v) is 13.4. The Hall–Kier alpha value is -2.74. The molecule has 23 heavy (non-hydrogen) atoms. The Balaban J connectivity index is 2.28. The average molecular weight is 377 g/mol. The molecule has 0 unspecified atom stereocenters. The third-order valence-electron chi connectivity index (χ3n) is 3.20. The van der Waals surface area contributed by atoms with Gasteiger partial charge in [0.15, 0.2) is 5.58 Å². The van der Waals surface area contributed by atoms with Gasteiger partial charge in [0.2, 0.25) is 5.89 Å². The predicted molar refractivity (Wildman–Crippen MR) is 85.1 cm³/mol. The number of benzene rings is 2. The molecule has 0 aliphatic rings. The minimum absolute atomic E-state index is 0.0393. The van der Waals surface area contributed by atoms with Crippen molar-refractivity contribution in [3.63, 3.8) is 0 Å². The number of aromatic nitrogens is 1. The molecule has 0 spiro atoms. The lowest BCUT2D eigenvalue weighted by Gasteiger charge is -2.00. The number of esters is 1. The van der Waals surface area contributed by atoms with Crippen LogP contribution in [-0.4, -0.2) is 23.0 Å². The van der Waals surface area contributed by atoms with E-state index in [-0.39, 0.29) is 28.2 Å². The normalized spacial score (nSPS) is 10.7. The topological polar surface area (TPSA) is 95.5 Å². The number of halogens is 1. The average Bonchev–Trinajstić information content (AvgIpc) is 2.97. The molecule has 3 rings (SSSR count). The number of carbonyl (C=O) groups excluding carboxylic acids is 1. The van der Waals surface area contributed by atoms with Crippen LogP contribution in [0.1, 0.15) is 10.4 Å². The molecule has 0 fully saturated rings. The van der Waals surface area contributed by atoms with Gasteiger partial charge in [0, 0.05) is 16.6 Å². The zero-order valence-electron chi connectivity index (χ0n) is 11.8. The van der Waals surface area contributed by atoms with E-state index in [0.29, 0.717) is 5.56 Å². The van der Waals surface area contributed by atoms with Gasteiger partial charge < -0.3 is 9.15 Å². The van der Waals surface area contributed by atoms with E-state index in [1.165, 1.54) is 13.2 Å². The highest BCUT2D eigenvalue weighted by atomic mass is 79.9. The standard InChI is InChI=1S/C15H9BrN2O5/c1-22-15(19)10-6-8(18(20)21)7-12-13(10)23-14(17-12)9-4-2-3-5-11(9)16/h2-7H,1H3. The van der Waals surface area contributed by atoms with Crippen LogP contribution in [0.3, 0.4) is 0 Å². The smallest absolute Gasteiger partial charge is 0.342 e. The number of hydrogen-bond acceptors (Lipinski definition) is 6. The third-order valence-corrected chi connectivity index (χ3v) is 3.89. The Bertz CT molecular complexity index is 935. The first-order chi connectivity index (χ1) is 11.0. The van der Waals surface area contributed by atoms with Crippen LogP contribution in [0.5, 0.6) is 0 Å². The second kappa shape index (κ2) is 5.81. The molecule has 0 aliphatic heterocycles. The summed E-state index contributed by atoms with van der Waals surface area (Å²) in [4.78, 5) is 26.6. The minimum Gasteiger partial charge on any atom is -0.465 e. The summed E-state index contributed by atoms with van der Waals surface area (Å²) in [5, 5.41) is 11.0. The molecule has 116 valence electrons. The fourth-order valence-corrected chi connectivity index (χ4v) is 2.59. The van der Waals surface area contributed by atoms with Crippen molar-refractivity contribution in [3.05, 3.63) is 56.5 Å². The molecular weight excluding hydrogens is 368 g/mol. The highest BCUT2D eigenvalue weighted by molar-refractivity contribution is 9.10. The van der Waals surface area contributed by atoms with Gasteiger partial charge in [0.25, 0.3) is 5.69 Å². The maximum Gasteiger partial charge on any atom is 0.342 e. The molecule has 0 radical (unpaired) electrons. The van der Waals surface area contributed by atoms with Crippen molar-refractivity contribution in [2.24, 2.45) is 0 Å². The van der Waals surface area contributed by atoms with E-state index >= 15 is 0 Å². The first kappa shape index (κ1) is 15.2. The van der Waals surface area contributed by atoms with E-state index in [2.05, 4.69) is 25.7 Å². The van der Waals surface area contributed by atoms with Gasteiger partial charge in [-0.25, -0.2) is 9.78 Å². The molecule has 3 aromatic rings. The Morgan fingerprint density at radius 2 is 2.09 bits per heavy atom. The van der Waals surface area contributed by atoms with E-state index in [1.54, 1.807) is 12.1 Å². The molecule has 1 aromatic heterocycles. The van der Waals surface area contributed by atoms with Crippen LogP contribution in [0.4, 0.5) is 5.69 Å². The summed E-state index contributed by atoms with van der Waals surface area (Å²) in [5.41, 5.74) is 0.730. The minimum atomic E-state index is -0.728. The Labute approximate surface area is 138 Å². The lowest BCUT2D eigenvalue weighted by atomic mass is 10.1. The monoisotopic (exact) mass is 376 g/mol. The number of oxazole rings is 1. The number of methoxy groups -OCH3 is 1. The summed E-state index contributed by atoms with van der Waals surface area (Å²) in [6, 6.07) is 9.60. The third kappa shape index (κ3) is 2.68. The van der Waals surface area contributed by atoms with Crippen LogP contribution in [0, 0.1) is 10.1 Å². The fourth-order valence-electron chi connectivity index (χ4n) is 2.13. The maximum atomic E-state index is 11.9. The molecular formula is C15H9BrN2O5. The van der Waals surface area contributed by atoms with Gasteiger partial charge in [0.05, 0.1) is 17.6 Å². The molecule has 1 heterocycles. The molecule has 0 atom stereocenters. The van der Waals surface area contributed by atoms with Gasteiger partial charge in [-0.2, -0.15) is 0 Å². The van der Waals surface area contributed by atoms with Crippen molar-refractivity contribution < 1.29 is 18.9 Å². The van der Waals surface area contributed by atoms with Crippen molar-refractivity contribution in [2.45, 2.75) is 0 Å². The Morgan fingerprint density at radius 1 is 1.35 bits per heavy atom. The summed E-state index contributed by atoms with van der Waals surface area (Å²) < 4.78 is 11.1. The molecule has 2 aromatic carbocycles. The van der Waals surface area contributed by atoms with E-state index in [0.717, 1.165) is 10.5 Å². The summed E-state index contributed by atoms with van der Waals surface area (Å²) in [7, 11) is 1.19. The second-order valence-corrected chi connectivity index (χ2v) is 5.44. The predicted octanol–water partition coefficient (Wildman–Crippen LogP) is 3.95. The summed E-state index contributed by atoms with van der Waals surface area (Å²) in [6.45, 7) is 0. The molecule has 0 aliphatic carbocycles. The summed E-state index contributed by atoms with van der Waals surface area (Å²) in [5.74, 6) is -0.480. The molecule has 0 saturated carbocycles. The number of carbonyl (C=O) groups is 1. The van der Waals surface area contributed by atoms with Crippen LogP contribution in [0.25, 0.3) is 22.6 Å². The van der Waals surface area contributed by atoms with E-state index < -0.39 is 10.9 Å². The maximum absolute atomic E-state index is 11.9. The fraction of sp³-hybridized carbons (Fsp3) is 0.0667. The molecule has 7 nitrogen and oxygen atoms in total. The van der Waals surface area contributed by atoms with Crippen LogP contribution in [0.15, 0.2) is 45.3 Å². The van der Waals surface area contributed by atoms with Crippen molar-refractivity contribution in [3.8, 4) is 11.5 Å². The highest BCUT2D eigenvalue weighted by Gasteiger charge is 2.22. The quantitative estimate of drug-likeness (QED) is 0.390. The van der Waals surface area contributed by atoms with Crippen molar-refractivity contribution in [2.75, 3.05) is 7.11 Å². The van der Waals surface area contributed by atoms with Gasteiger partial charge in [-0.3, -0.25) is 10.1 Å². The Kier molecular flexibility index (Phi) is 3.83. The number of fused-ring (bicyclic) bond motifs is 1. The lowest BCUT2D eigenvalue weighted by Crippen LogP contribution is -2.02.